The van der Waals surface area contributed by atoms with E-state index in [1.165, 1.54) is 6.92 Å². The molecule has 1 atom stereocenters. The summed E-state index contributed by atoms with van der Waals surface area (Å²) >= 11 is 0. The van der Waals surface area contributed by atoms with Crippen molar-refractivity contribution in [1.82, 2.24) is 5.32 Å². The van der Waals surface area contributed by atoms with Crippen LogP contribution in [-0.2, 0) is 4.79 Å². The Morgan fingerprint density at radius 3 is 2.45 bits per heavy atom. The molecule has 1 amide bonds. The fraction of sp³-hybridized carbons (Fsp3) is 0.714. The summed E-state index contributed by atoms with van der Waals surface area (Å²) in [6.45, 7) is 3.67. The molecule has 0 saturated heterocycles. The second-order valence-corrected chi connectivity index (χ2v) is 2.70. The monoisotopic (exact) mass is 159 g/mol. The number of hydrogen-bond donors (Lipinski definition) is 2. The second kappa shape index (κ2) is 4.71. The van der Waals surface area contributed by atoms with Crippen LogP contribution in [0.4, 0.5) is 4.79 Å². The standard InChI is InChI=1S/C7H13NO3/c1-5(3-6(2)9)4-8-7(10)11/h5,8H,3-4H2,1-2H3,(H,10,11)/t5-/m0/s1. The first kappa shape index (κ1) is 9.94. The molecule has 4 nitrogen and oxygen atoms in total. The lowest BCUT2D eigenvalue weighted by atomic mass is 10.1. The lowest BCUT2D eigenvalue weighted by Gasteiger charge is -2.07. The number of Topliss-reactive ketones (excluding diaryl/α,β-unsaturated/α-hetero) is 1. The summed E-state index contributed by atoms with van der Waals surface area (Å²) < 4.78 is 0. The van der Waals surface area contributed by atoms with Crippen molar-refractivity contribution in [3.05, 3.63) is 0 Å². The van der Waals surface area contributed by atoms with Crippen molar-refractivity contribution in [3.8, 4) is 0 Å². The quantitative estimate of drug-likeness (QED) is 0.639. The van der Waals surface area contributed by atoms with Gasteiger partial charge in [-0.1, -0.05) is 6.92 Å². The molecule has 64 valence electrons. The van der Waals surface area contributed by atoms with Crippen LogP contribution >= 0.6 is 0 Å². The number of carbonyl (C=O) groups is 2. The summed E-state index contributed by atoms with van der Waals surface area (Å²) in [6, 6.07) is 0. The van der Waals surface area contributed by atoms with Crippen LogP contribution in [0.3, 0.4) is 0 Å². The Hall–Kier alpha value is -1.06. The number of carboxylic acid groups (broad SMARTS) is 1. The third-order valence-corrected chi connectivity index (χ3v) is 1.24. The summed E-state index contributed by atoms with van der Waals surface area (Å²) in [5, 5.41) is 10.4. The zero-order valence-corrected chi connectivity index (χ0v) is 6.76. The van der Waals surface area contributed by atoms with Gasteiger partial charge in [-0.25, -0.2) is 4.79 Å². The fourth-order valence-corrected chi connectivity index (χ4v) is 0.824. The minimum Gasteiger partial charge on any atom is -0.465 e. The molecule has 0 fully saturated rings. The molecule has 0 aliphatic rings. The highest BCUT2D eigenvalue weighted by Crippen LogP contribution is 1.99. The molecule has 4 heteroatoms. The Morgan fingerprint density at radius 1 is 1.55 bits per heavy atom. The van der Waals surface area contributed by atoms with Gasteiger partial charge < -0.3 is 15.2 Å². The summed E-state index contributed by atoms with van der Waals surface area (Å²) in [7, 11) is 0. The summed E-state index contributed by atoms with van der Waals surface area (Å²) in [5.41, 5.74) is 0. The van der Waals surface area contributed by atoms with Gasteiger partial charge in [0.1, 0.15) is 5.78 Å². The topological polar surface area (TPSA) is 66.4 Å². The maximum atomic E-state index is 10.5. The molecule has 0 unspecified atom stereocenters. The molecule has 0 saturated carbocycles. The van der Waals surface area contributed by atoms with Crippen molar-refractivity contribution >= 4 is 11.9 Å². The van der Waals surface area contributed by atoms with Crippen LogP contribution in [0.1, 0.15) is 20.3 Å². The maximum Gasteiger partial charge on any atom is 0.404 e. The minimum atomic E-state index is -1.04. The zero-order valence-electron chi connectivity index (χ0n) is 6.76. The lowest BCUT2D eigenvalue weighted by Crippen LogP contribution is -2.27. The highest BCUT2D eigenvalue weighted by atomic mass is 16.4. The van der Waals surface area contributed by atoms with Crippen molar-refractivity contribution in [1.29, 1.82) is 0 Å². The van der Waals surface area contributed by atoms with Crippen molar-refractivity contribution in [2.45, 2.75) is 20.3 Å². The van der Waals surface area contributed by atoms with Gasteiger partial charge in [0.25, 0.3) is 0 Å². The van der Waals surface area contributed by atoms with Crippen LogP contribution in [-0.4, -0.2) is 23.5 Å². The van der Waals surface area contributed by atoms with E-state index in [-0.39, 0.29) is 11.7 Å². The smallest absolute Gasteiger partial charge is 0.404 e. The van der Waals surface area contributed by atoms with E-state index < -0.39 is 6.09 Å². The zero-order chi connectivity index (χ0) is 8.85. The van der Waals surface area contributed by atoms with Crippen molar-refractivity contribution in [3.63, 3.8) is 0 Å². The van der Waals surface area contributed by atoms with E-state index in [0.717, 1.165) is 0 Å². The van der Waals surface area contributed by atoms with E-state index in [1.807, 2.05) is 6.92 Å². The normalized spacial score (nSPS) is 12.2. The molecule has 0 rings (SSSR count). The van der Waals surface area contributed by atoms with E-state index in [4.69, 9.17) is 5.11 Å². The minimum absolute atomic E-state index is 0.0867. The molecule has 2 N–H and O–H groups in total. The molecular formula is C7H13NO3. The molecule has 0 aliphatic carbocycles. The molecule has 0 aliphatic heterocycles. The SMILES string of the molecule is CC(=O)C[C@H](C)CNC(=O)O. The van der Waals surface area contributed by atoms with Gasteiger partial charge in [-0.15, -0.1) is 0 Å². The lowest BCUT2D eigenvalue weighted by molar-refractivity contribution is -0.117. The Kier molecular flexibility index (Phi) is 4.26. The molecule has 0 heterocycles. The van der Waals surface area contributed by atoms with Crippen LogP contribution < -0.4 is 5.32 Å². The van der Waals surface area contributed by atoms with Crippen LogP contribution in [0.25, 0.3) is 0 Å². The van der Waals surface area contributed by atoms with Crippen molar-refractivity contribution < 1.29 is 14.7 Å². The highest BCUT2D eigenvalue weighted by Gasteiger charge is 2.05. The Bertz CT molecular complexity index is 156. The first-order chi connectivity index (χ1) is 5.02. The Labute approximate surface area is 65.6 Å². The average molecular weight is 159 g/mol. The predicted octanol–water partition coefficient (Wildman–Crippen LogP) is 0.869. The van der Waals surface area contributed by atoms with Crippen LogP contribution in [0, 0.1) is 5.92 Å². The van der Waals surface area contributed by atoms with Crippen molar-refractivity contribution in [2.24, 2.45) is 5.92 Å². The predicted molar refractivity (Wildman–Crippen MR) is 40.5 cm³/mol. The number of ketones is 1. The summed E-state index contributed by atoms with van der Waals surface area (Å²) in [4.78, 5) is 20.5. The van der Waals surface area contributed by atoms with E-state index in [2.05, 4.69) is 5.32 Å². The third-order valence-electron chi connectivity index (χ3n) is 1.24. The first-order valence-corrected chi connectivity index (χ1v) is 3.48. The van der Waals surface area contributed by atoms with Gasteiger partial charge in [0.05, 0.1) is 0 Å². The van der Waals surface area contributed by atoms with Crippen LogP contribution in [0.15, 0.2) is 0 Å². The summed E-state index contributed by atoms with van der Waals surface area (Å²) in [5.74, 6) is 0.174. The van der Waals surface area contributed by atoms with E-state index in [9.17, 15) is 9.59 Å². The van der Waals surface area contributed by atoms with E-state index in [0.29, 0.717) is 13.0 Å². The molecule has 0 aromatic heterocycles. The average Bonchev–Trinajstić information content (AvgIpc) is 1.82. The van der Waals surface area contributed by atoms with Gasteiger partial charge in [-0.2, -0.15) is 0 Å². The van der Waals surface area contributed by atoms with Gasteiger partial charge in [-0.05, 0) is 12.8 Å². The van der Waals surface area contributed by atoms with Gasteiger partial charge in [0.2, 0.25) is 0 Å². The number of hydrogen-bond acceptors (Lipinski definition) is 2. The molecular weight excluding hydrogens is 146 g/mol. The summed E-state index contributed by atoms with van der Waals surface area (Å²) in [6.07, 6.45) is -0.610. The van der Waals surface area contributed by atoms with Crippen molar-refractivity contribution in [2.75, 3.05) is 6.54 Å². The van der Waals surface area contributed by atoms with E-state index in [1.54, 1.807) is 0 Å². The molecule has 0 aromatic rings. The number of amides is 1. The van der Waals surface area contributed by atoms with Gasteiger partial charge in [0, 0.05) is 13.0 Å². The molecule has 0 radical (unpaired) electrons. The molecule has 11 heavy (non-hydrogen) atoms. The largest absolute Gasteiger partial charge is 0.465 e. The maximum absolute atomic E-state index is 10.5. The first-order valence-electron chi connectivity index (χ1n) is 3.48. The Balaban J connectivity index is 3.44. The van der Waals surface area contributed by atoms with Gasteiger partial charge in [-0.3, -0.25) is 0 Å². The Morgan fingerprint density at radius 2 is 2.09 bits per heavy atom. The second-order valence-electron chi connectivity index (χ2n) is 2.70. The third kappa shape index (κ3) is 6.83. The van der Waals surface area contributed by atoms with Crippen LogP contribution in [0.5, 0.6) is 0 Å². The van der Waals surface area contributed by atoms with Crippen LogP contribution in [0.2, 0.25) is 0 Å². The van der Waals surface area contributed by atoms with Gasteiger partial charge >= 0.3 is 6.09 Å². The molecule has 0 spiro atoms. The molecule has 0 aromatic carbocycles. The number of nitrogens with one attached hydrogen (secondary N) is 1. The molecule has 0 bridgehead atoms. The number of carbonyl (C=O) groups excluding carboxylic acids is 1. The number of rotatable bonds is 4. The van der Waals surface area contributed by atoms with E-state index >= 15 is 0 Å². The fourth-order valence-electron chi connectivity index (χ4n) is 0.824. The highest BCUT2D eigenvalue weighted by molar-refractivity contribution is 5.75. The van der Waals surface area contributed by atoms with Gasteiger partial charge in [0.15, 0.2) is 0 Å².